The average molecular weight is 351 g/mol. The van der Waals surface area contributed by atoms with Crippen molar-refractivity contribution >= 4 is 37.9 Å². The number of rotatable bonds is 1. The molecule has 3 aromatic carbocycles. The van der Waals surface area contributed by atoms with Crippen molar-refractivity contribution in [3.63, 3.8) is 0 Å². The zero-order valence-corrected chi connectivity index (χ0v) is 13.1. The predicted molar refractivity (Wildman–Crippen MR) is 93.1 cm³/mol. The summed E-state index contributed by atoms with van der Waals surface area (Å²) in [6, 6.07) is 21.1. The molecule has 0 atom stereocenters. The Labute approximate surface area is 135 Å². The molecular weight excluding hydrogens is 340 g/mol. The first kappa shape index (κ1) is 13.3. The van der Waals surface area contributed by atoms with Gasteiger partial charge in [-0.15, -0.1) is 0 Å². The lowest BCUT2D eigenvalue weighted by molar-refractivity contribution is 0.660. The van der Waals surface area contributed by atoms with E-state index in [0.717, 1.165) is 15.6 Å². The van der Waals surface area contributed by atoms with Gasteiger partial charge < -0.3 is 4.42 Å². The van der Waals surface area contributed by atoms with Crippen LogP contribution >= 0.6 is 15.9 Å². The molecule has 0 aliphatic rings. The molecule has 0 amide bonds. The second-order valence-electron chi connectivity index (χ2n) is 5.15. The summed E-state index contributed by atoms with van der Waals surface area (Å²) in [5, 5.41) is 1.22. The standard InChI is InChI=1S/C19H11BrO2/c20-14-5-3-4-12(10-14)13-8-9-18-16(11-13)19(21)15-6-1-2-7-17(15)22-18/h1-11H. The van der Waals surface area contributed by atoms with Gasteiger partial charge in [-0.2, -0.15) is 0 Å². The topological polar surface area (TPSA) is 30.2 Å². The van der Waals surface area contributed by atoms with Crippen LogP contribution in [0.2, 0.25) is 0 Å². The van der Waals surface area contributed by atoms with Crippen LogP contribution in [0.4, 0.5) is 0 Å². The van der Waals surface area contributed by atoms with Crippen LogP contribution in [0, 0.1) is 0 Å². The molecule has 0 saturated carbocycles. The van der Waals surface area contributed by atoms with E-state index in [9.17, 15) is 4.79 Å². The molecule has 4 rings (SSSR count). The average Bonchev–Trinajstić information content (AvgIpc) is 2.55. The Balaban J connectivity index is 2.03. The number of benzene rings is 3. The second kappa shape index (κ2) is 5.11. The molecule has 1 heterocycles. The van der Waals surface area contributed by atoms with Crippen molar-refractivity contribution in [2.45, 2.75) is 0 Å². The molecule has 0 radical (unpaired) electrons. The summed E-state index contributed by atoms with van der Waals surface area (Å²) in [5.74, 6) is 0. The van der Waals surface area contributed by atoms with E-state index in [1.165, 1.54) is 0 Å². The third-order valence-corrected chi connectivity index (χ3v) is 4.23. The van der Waals surface area contributed by atoms with Crippen LogP contribution in [-0.2, 0) is 0 Å². The number of hydrogen-bond acceptors (Lipinski definition) is 2. The van der Waals surface area contributed by atoms with Crippen LogP contribution < -0.4 is 5.43 Å². The number of para-hydroxylation sites is 1. The van der Waals surface area contributed by atoms with Crippen molar-refractivity contribution in [3.05, 3.63) is 81.4 Å². The third-order valence-electron chi connectivity index (χ3n) is 3.73. The Morgan fingerprint density at radius 2 is 1.50 bits per heavy atom. The van der Waals surface area contributed by atoms with E-state index in [4.69, 9.17) is 4.42 Å². The Kier molecular flexibility index (Phi) is 3.09. The van der Waals surface area contributed by atoms with Gasteiger partial charge in [0.1, 0.15) is 11.2 Å². The van der Waals surface area contributed by atoms with Gasteiger partial charge in [-0.05, 0) is 47.5 Å². The largest absolute Gasteiger partial charge is 0.456 e. The fraction of sp³-hybridized carbons (Fsp3) is 0. The molecule has 106 valence electrons. The Morgan fingerprint density at radius 1 is 0.727 bits per heavy atom. The highest BCUT2D eigenvalue weighted by molar-refractivity contribution is 9.10. The van der Waals surface area contributed by atoms with Gasteiger partial charge in [0, 0.05) is 4.47 Å². The summed E-state index contributed by atoms with van der Waals surface area (Å²) in [5.41, 5.74) is 3.30. The number of hydrogen-bond donors (Lipinski definition) is 0. The highest BCUT2D eigenvalue weighted by atomic mass is 79.9. The smallest absolute Gasteiger partial charge is 0.200 e. The highest BCUT2D eigenvalue weighted by Crippen LogP contribution is 2.27. The van der Waals surface area contributed by atoms with Gasteiger partial charge in [0.25, 0.3) is 0 Å². The molecule has 0 N–H and O–H groups in total. The normalized spacial score (nSPS) is 11.1. The molecule has 0 saturated heterocycles. The molecule has 0 fully saturated rings. The maximum atomic E-state index is 12.7. The molecule has 0 bridgehead atoms. The zero-order chi connectivity index (χ0) is 15.1. The molecule has 0 spiro atoms. The first-order chi connectivity index (χ1) is 10.7. The lowest BCUT2D eigenvalue weighted by Gasteiger charge is -2.05. The van der Waals surface area contributed by atoms with Gasteiger partial charge in [-0.3, -0.25) is 4.79 Å². The number of fused-ring (bicyclic) bond motifs is 2. The lowest BCUT2D eigenvalue weighted by atomic mass is 10.0. The van der Waals surface area contributed by atoms with Crippen molar-refractivity contribution in [1.29, 1.82) is 0 Å². The molecule has 0 aliphatic carbocycles. The van der Waals surface area contributed by atoms with Crippen molar-refractivity contribution in [2.24, 2.45) is 0 Å². The molecule has 0 aliphatic heterocycles. The van der Waals surface area contributed by atoms with E-state index in [-0.39, 0.29) is 5.43 Å². The van der Waals surface area contributed by atoms with Gasteiger partial charge in [0.15, 0.2) is 0 Å². The van der Waals surface area contributed by atoms with Crippen molar-refractivity contribution in [1.82, 2.24) is 0 Å². The summed E-state index contributed by atoms with van der Waals surface area (Å²) in [4.78, 5) is 12.7. The molecular formula is C19H11BrO2. The Hall–Kier alpha value is -2.39. The summed E-state index contributed by atoms with van der Waals surface area (Å²) < 4.78 is 6.84. The summed E-state index contributed by atoms with van der Waals surface area (Å²) in [7, 11) is 0. The molecule has 22 heavy (non-hydrogen) atoms. The Bertz CT molecular complexity index is 1060. The minimum Gasteiger partial charge on any atom is -0.456 e. The van der Waals surface area contributed by atoms with E-state index >= 15 is 0 Å². The second-order valence-corrected chi connectivity index (χ2v) is 6.06. The summed E-state index contributed by atoms with van der Waals surface area (Å²) in [6.45, 7) is 0. The maximum Gasteiger partial charge on any atom is 0.200 e. The van der Waals surface area contributed by atoms with Gasteiger partial charge in [0.2, 0.25) is 5.43 Å². The minimum absolute atomic E-state index is 0.00805. The monoisotopic (exact) mass is 350 g/mol. The SMILES string of the molecule is O=c1c2ccccc2oc2ccc(-c3cccc(Br)c3)cc12. The molecule has 0 unspecified atom stereocenters. The highest BCUT2D eigenvalue weighted by Gasteiger charge is 2.08. The fourth-order valence-electron chi connectivity index (χ4n) is 2.65. The third kappa shape index (κ3) is 2.14. The summed E-state index contributed by atoms with van der Waals surface area (Å²) in [6.07, 6.45) is 0. The van der Waals surface area contributed by atoms with Gasteiger partial charge >= 0.3 is 0 Å². The number of halogens is 1. The van der Waals surface area contributed by atoms with Crippen LogP contribution in [-0.4, -0.2) is 0 Å². The quantitative estimate of drug-likeness (QED) is 0.431. The Morgan fingerprint density at radius 3 is 2.36 bits per heavy atom. The first-order valence-corrected chi connectivity index (χ1v) is 7.73. The van der Waals surface area contributed by atoms with E-state index in [2.05, 4.69) is 15.9 Å². The van der Waals surface area contributed by atoms with Crippen LogP contribution in [0.25, 0.3) is 33.1 Å². The molecule has 4 aromatic rings. The summed E-state index contributed by atoms with van der Waals surface area (Å²) >= 11 is 3.48. The van der Waals surface area contributed by atoms with E-state index in [0.29, 0.717) is 21.9 Å². The fourth-order valence-corrected chi connectivity index (χ4v) is 3.05. The van der Waals surface area contributed by atoms with Crippen LogP contribution in [0.15, 0.2) is 80.4 Å². The predicted octanol–water partition coefficient (Wildman–Crippen LogP) is 5.38. The molecule has 2 nitrogen and oxygen atoms in total. The van der Waals surface area contributed by atoms with E-state index < -0.39 is 0 Å². The van der Waals surface area contributed by atoms with Gasteiger partial charge in [-0.25, -0.2) is 0 Å². The van der Waals surface area contributed by atoms with Gasteiger partial charge in [0.05, 0.1) is 10.8 Å². The van der Waals surface area contributed by atoms with Crippen molar-refractivity contribution in [3.8, 4) is 11.1 Å². The van der Waals surface area contributed by atoms with Crippen molar-refractivity contribution < 1.29 is 4.42 Å². The van der Waals surface area contributed by atoms with Crippen molar-refractivity contribution in [2.75, 3.05) is 0 Å². The van der Waals surface area contributed by atoms with Crippen LogP contribution in [0.5, 0.6) is 0 Å². The van der Waals surface area contributed by atoms with Gasteiger partial charge in [-0.1, -0.05) is 46.3 Å². The van der Waals surface area contributed by atoms with E-state index in [1.54, 1.807) is 6.07 Å². The zero-order valence-electron chi connectivity index (χ0n) is 11.5. The molecule has 3 heteroatoms. The molecule has 1 aromatic heterocycles. The first-order valence-electron chi connectivity index (χ1n) is 6.94. The lowest BCUT2D eigenvalue weighted by Crippen LogP contribution is -2.01. The minimum atomic E-state index is 0.00805. The maximum absolute atomic E-state index is 12.7. The van der Waals surface area contributed by atoms with E-state index in [1.807, 2.05) is 60.7 Å². The van der Waals surface area contributed by atoms with Crippen LogP contribution in [0.1, 0.15) is 0 Å². The van der Waals surface area contributed by atoms with Crippen LogP contribution in [0.3, 0.4) is 0 Å².